The van der Waals surface area contributed by atoms with Crippen LogP contribution in [-0.2, 0) is 4.74 Å². The molecule has 0 aliphatic rings. The molecule has 2 aromatic carbocycles. The van der Waals surface area contributed by atoms with Crippen LogP contribution in [0.1, 0.15) is 15.9 Å². The second-order valence-corrected chi connectivity index (χ2v) is 4.80. The number of halogens is 1. The highest BCUT2D eigenvalue weighted by molar-refractivity contribution is 6.04. The molecule has 21 heavy (non-hydrogen) atoms. The van der Waals surface area contributed by atoms with E-state index < -0.39 is 0 Å². The van der Waals surface area contributed by atoms with Crippen molar-refractivity contribution in [3.05, 3.63) is 65.6 Å². The van der Waals surface area contributed by atoms with Gasteiger partial charge in [0.05, 0.1) is 23.9 Å². The molecule has 3 nitrogen and oxygen atoms in total. The molecular formula is C17H14FNO2. The standard InChI is InChI=1S/C17H14FNO2/c1-11-14(18)6-4-7-15(11)19-10-9-12-13(17(20)21-2)5-3-8-16(12)19/h3-10H,1-2H3. The maximum Gasteiger partial charge on any atom is 0.338 e. The summed E-state index contributed by atoms with van der Waals surface area (Å²) in [5.74, 6) is -0.632. The number of aromatic nitrogens is 1. The van der Waals surface area contributed by atoms with Crippen LogP contribution in [-0.4, -0.2) is 17.6 Å². The Balaban J connectivity index is 2.26. The Bertz CT molecular complexity index is 836. The van der Waals surface area contributed by atoms with Crippen LogP contribution in [0.15, 0.2) is 48.7 Å². The molecule has 0 spiro atoms. The van der Waals surface area contributed by atoms with Crippen molar-refractivity contribution in [2.75, 3.05) is 7.11 Å². The van der Waals surface area contributed by atoms with E-state index in [1.807, 2.05) is 29.0 Å². The zero-order chi connectivity index (χ0) is 15.0. The number of carbonyl (C=O) groups excluding carboxylic acids is 1. The Morgan fingerprint density at radius 1 is 1.14 bits per heavy atom. The number of ether oxygens (including phenoxy) is 1. The molecule has 1 heterocycles. The van der Waals surface area contributed by atoms with E-state index in [0.29, 0.717) is 11.1 Å². The number of nitrogens with zero attached hydrogens (tertiary/aromatic N) is 1. The number of benzene rings is 2. The van der Waals surface area contributed by atoms with Gasteiger partial charge in [-0.15, -0.1) is 0 Å². The van der Waals surface area contributed by atoms with Gasteiger partial charge in [-0.3, -0.25) is 0 Å². The minimum absolute atomic E-state index is 0.251. The molecule has 0 unspecified atom stereocenters. The van der Waals surface area contributed by atoms with Crippen LogP contribution in [0.3, 0.4) is 0 Å². The van der Waals surface area contributed by atoms with Crippen LogP contribution in [0.25, 0.3) is 16.6 Å². The lowest BCUT2D eigenvalue weighted by Crippen LogP contribution is -2.02. The van der Waals surface area contributed by atoms with Crippen LogP contribution in [0, 0.1) is 12.7 Å². The number of carbonyl (C=O) groups is 1. The first-order chi connectivity index (χ1) is 10.1. The number of esters is 1. The molecule has 0 amide bonds. The molecule has 0 saturated heterocycles. The van der Waals surface area contributed by atoms with Crippen LogP contribution in [0.5, 0.6) is 0 Å². The molecule has 3 aromatic rings. The number of methoxy groups -OCH3 is 1. The van der Waals surface area contributed by atoms with Crippen molar-refractivity contribution in [2.24, 2.45) is 0 Å². The summed E-state index contributed by atoms with van der Waals surface area (Å²) >= 11 is 0. The van der Waals surface area contributed by atoms with Gasteiger partial charge in [0.25, 0.3) is 0 Å². The third-order valence-corrected chi connectivity index (χ3v) is 3.64. The first kappa shape index (κ1) is 13.4. The molecule has 3 rings (SSSR count). The fourth-order valence-electron chi connectivity index (χ4n) is 2.52. The summed E-state index contributed by atoms with van der Waals surface area (Å²) in [6.45, 7) is 1.74. The first-order valence-electron chi connectivity index (χ1n) is 6.57. The van der Waals surface area contributed by atoms with Gasteiger partial charge >= 0.3 is 5.97 Å². The van der Waals surface area contributed by atoms with E-state index in [4.69, 9.17) is 4.74 Å². The molecule has 4 heteroatoms. The van der Waals surface area contributed by atoms with Crippen LogP contribution < -0.4 is 0 Å². The number of hydrogen-bond donors (Lipinski definition) is 0. The summed E-state index contributed by atoms with van der Waals surface area (Å²) in [5, 5.41) is 0.785. The molecule has 0 radical (unpaired) electrons. The quantitative estimate of drug-likeness (QED) is 0.669. The Hall–Kier alpha value is -2.62. The summed E-state index contributed by atoms with van der Waals surface area (Å²) in [6, 6.07) is 12.2. The Labute approximate surface area is 121 Å². The summed E-state index contributed by atoms with van der Waals surface area (Å²) in [6.07, 6.45) is 1.83. The minimum Gasteiger partial charge on any atom is -0.465 e. The zero-order valence-corrected chi connectivity index (χ0v) is 11.8. The molecule has 0 atom stereocenters. The fourth-order valence-corrected chi connectivity index (χ4v) is 2.52. The number of hydrogen-bond acceptors (Lipinski definition) is 2. The smallest absolute Gasteiger partial charge is 0.338 e. The third kappa shape index (κ3) is 2.09. The van der Waals surface area contributed by atoms with Crippen molar-refractivity contribution >= 4 is 16.9 Å². The van der Waals surface area contributed by atoms with E-state index in [0.717, 1.165) is 16.6 Å². The summed E-state index contributed by atoms with van der Waals surface area (Å²) < 4.78 is 20.4. The van der Waals surface area contributed by atoms with Gasteiger partial charge in [0.1, 0.15) is 5.82 Å². The lowest BCUT2D eigenvalue weighted by Gasteiger charge is -2.10. The maximum absolute atomic E-state index is 13.7. The van der Waals surface area contributed by atoms with Crippen LogP contribution in [0.2, 0.25) is 0 Å². The van der Waals surface area contributed by atoms with Gasteiger partial charge in [0, 0.05) is 17.1 Å². The van der Waals surface area contributed by atoms with Gasteiger partial charge in [-0.1, -0.05) is 12.1 Å². The molecule has 0 aliphatic heterocycles. The van der Waals surface area contributed by atoms with Gasteiger partial charge in [0.2, 0.25) is 0 Å². The van der Waals surface area contributed by atoms with E-state index in [1.165, 1.54) is 13.2 Å². The monoisotopic (exact) mass is 283 g/mol. The Morgan fingerprint density at radius 2 is 1.90 bits per heavy atom. The first-order valence-corrected chi connectivity index (χ1v) is 6.57. The topological polar surface area (TPSA) is 31.2 Å². The van der Waals surface area contributed by atoms with Crippen molar-refractivity contribution in [3.8, 4) is 5.69 Å². The van der Waals surface area contributed by atoms with Crippen molar-refractivity contribution in [2.45, 2.75) is 6.92 Å². The van der Waals surface area contributed by atoms with E-state index in [-0.39, 0.29) is 11.8 Å². The highest BCUT2D eigenvalue weighted by atomic mass is 19.1. The largest absolute Gasteiger partial charge is 0.465 e. The maximum atomic E-state index is 13.7. The minimum atomic E-state index is -0.380. The molecule has 0 N–H and O–H groups in total. The van der Waals surface area contributed by atoms with Gasteiger partial charge < -0.3 is 9.30 Å². The van der Waals surface area contributed by atoms with E-state index in [1.54, 1.807) is 25.1 Å². The normalized spacial score (nSPS) is 10.8. The van der Waals surface area contributed by atoms with Crippen molar-refractivity contribution < 1.29 is 13.9 Å². The SMILES string of the molecule is COC(=O)c1cccc2c1ccn2-c1cccc(F)c1C. The summed E-state index contributed by atoms with van der Waals surface area (Å²) in [4.78, 5) is 11.8. The second kappa shape index (κ2) is 5.05. The molecule has 0 fully saturated rings. The van der Waals surface area contributed by atoms with Crippen molar-refractivity contribution in [1.82, 2.24) is 4.57 Å². The molecule has 1 aromatic heterocycles. The highest BCUT2D eigenvalue weighted by Gasteiger charge is 2.14. The molecule has 106 valence electrons. The molecule has 0 saturated carbocycles. The van der Waals surface area contributed by atoms with E-state index in [9.17, 15) is 9.18 Å². The van der Waals surface area contributed by atoms with Crippen molar-refractivity contribution in [1.29, 1.82) is 0 Å². The van der Waals surface area contributed by atoms with E-state index >= 15 is 0 Å². The van der Waals surface area contributed by atoms with Crippen molar-refractivity contribution in [3.63, 3.8) is 0 Å². The lowest BCUT2D eigenvalue weighted by molar-refractivity contribution is 0.0603. The zero-order valence-electron chi connectivity index (χ0n) is 11.8. The van der Waals surface area contributed by atoms with E-state index in [2.05, 4.69) is 0 Å². The molecule has 0 bridgehead atoms. The lowest BCUT2D eigenvalue weighted by atomic mass is 10.1. The third-order valence-electron chi connectivity index (χ3n) is 3.64. The summed E-state index contributed by atoms with van der Waals surface area (Å²) in [7, 11) is 1.36. The van der Waals surface area contributed by atoms with Crippen LogP contribution >= 0.6 is 0 Å². The summed E-state index contributed by atoms with van der Waals surface area (Å²) in [5.41, 5.74) is 2.67. The molecule has 0 aliphatic carbocycles. The molecular weight excluding hydrogens is 269 g/mol. The predicted molar refractivity (Wildman–Crippen MR) is 79.3 cm³/mol. The second-order valence-electron chi connectivity index (χ2n) is 4.80. The van der Waals surface area contributed by atoms with Crippen LogP contribution in [0.4, 0.5) is 4.39 Å². The average Bonchev–Trinajstić information content (AvgIpc) is 2.93. The van der Waals surface area contributed by atoms with Gasteiger partial charge in [0.15, 0.2) is 0 Å². The number of rotatable bonds is 2. The van der Waals surface area contributed by atoms with Gasteiger partial charge in [-0.05, 0) is 37.3 Å². The highest BCUT2D eigenvalue weighted by Crippen LogP contribution is 2.26. The van der Waals surface area contributed by atoms with Gasteiger partial charge in [-0.2, -0.15) is 0 Å². The Morgan fingerprint density at radius 3 is 2.67 bits per heavy atom. The average molecular weight is 283 g/mol. The Kier molecular flexibility index (Phi) is 3.22. The predicted octanol–water partition coefficient (Wildman–Crippen LogP) is 3.86. The number of fused-ring (bicyclic) bond motifs is 1. The fraction of sp³-hybridized carbons (Fsp3) is 0.118. The van der Waals surface area contributed by atoms with Gasteiger partial charge in [-0.25, -0.2) is 9.18 Å².